The molecule has 0 bridgehead atoms. The van der Waals surface area contributed by atoms with E-state index in [1.165, 1.54) is 10.5 Å². The van der Waals surface area contributed by atoms with Crippen LogP contribution in [0.2, 0.25) is 0 Å². The first kappa shape index (κ1) is 13.5. The lowest BCUT2D eigenvalue weighted by atomic mass is 10.1. The monoisotopic (exact) mass is 258 g/mol. The molecular formula is C15H18N2O2. The maximum atomic E-state index is 12.2. The van der Waals surface area contributed by atoms with Crippen LogP contribution in [0.3, 0.4) is 0 Å². The third kappa shape index (κ3) is 2.74. The van der Waals surface area contributed by atoms with Gasteiger partial charge in [0.1, 0.15) is 0 Å². The van der Waals surface area contributed by atoms with Crippen LogP contribution in [-0.2, 0) is 16.0 Å². The Bertz CT molecular complexity index is 493. The molecule has 0 aliphatic carbocycles. The van der Waals surface area contributed by atoms with Crippen molar-refractivity contribution in [2.45, 2.75) is 25.8 Å². The van der Waals surface area contributed by atoms with E-state index in [2.05, 4.69) is 18.8 Å². The molecule has 4 heteroatoms. The van der Waals surface area contributed by atoms with Crippen molar-refractivity contribution in [3.05, 3.63) is 42.5 Å². The molecule has 0 spiro atoms. The number of anilines is 1. The van der Waals surface area contributed by atoms with E-state index in [1.807, 2.05) is 24.3 Å². The molecule has 4 nitrogen and oxygen atoms in total. The Kier molecular flexibility index (Phi) is 4.12. The van der Waals surface area contributed by atoms with E-state index in [1.54, 1.807) is 6.08 Å². The van der Waals surface area contributed by atoms with E-state index in [4.69, 9.17) is 0 Å². The number of aryl methyl sites for hydroxylation is 1. The van der Waals surface area contributed by atoms with Crippen molar-refractivity contribution in [3.8, 4) is 0 Å². The molecule has 1 aromatic carbocycles. The second kappa shape index (κ2) is 5.80. The van der Waals surface area contributed by atoms with Gasteiger partial charge in [-0.1, -0.05) is 25.1 Å². The van der Waals surface area contributed by atoms with Crippen LogP contribution >= 0.6 is 0 Å². The summed E-state index contributed by atoms with van der Waals surface area (Å²) in [5, 5.41) is 3.00. The highest BCUT2D eigenvalue weighted by atomic mass is 16.2. The van der Waals surface area contributed by atoms with E-state index in [-0.39, 0.29) is 18.2 Å². The third-order valence-corrected chi connectivity index (χ3v) is 3.26. The van der Waals surface area contributed by atoms with Crippen molar-refractivity contribution in [3.63, 3.8) is 0 Å². The zero-order valence-corrected chi connectivity index (χ0v) is 11.1. The first-order valence-electron chi connectivity index (χ1n) is 6.47. The van der Waals surface area contributed by atoms with Gasteiger partial charge in [0.05, 0.1) is 18.2 Å². The largest absolute Gasteiger partial charge is 0.302 e. The minimum absolute atomic E-state index is 0.157. The van der Waals surface area contributed by atoms with Crippen LogP contribution in [0.5, 0.6) is 0 Å². The fraction of sp³-hybridized carbons (Fsp3) is 0.333. The zero-order chi connectivity index (χ0) is 13.8. The molecule has 2 rings (SSSR count). The SMILES string of the molecule is C=CCNC1CC(=O)N(c2ccc(CC)cc2)C1=O. The minimum atomic E-state index is -0.434. The number of benzene rings is 1. The molecule has 0 aromatic heterocycles. The van der Waals surface area contributed by atoms with Crippen molar-refractivity contribution in [2.24, 2.45) is 0 Å². The van der Waals surface area contributed by atoms with Crippen molar-refractivity contribution < 1.29 is 9.59 Å². The van der Waals surface area contributed by atoms with E-state index in [0.29, 0.717) is 12.2 Å². The molecule has 1 unspecified atom stereocenters. The third-order valence-electron chi connectivity index (χ3n) is 3.26. The quantitative estimate of drug-likeness (QED) is 0.645. The van der Waals surface area contributed by atoms with E-state index < -0.39 is 6.04 Å². The number of rotatable bonds is 5. The topological polar surface area (TPSA) is 49.4 Å². The van der Waals surface area contributed by atoms with Crippen molar-refractivity contribution in [2.75, 3.05) is 11.4 Å². The number of imide groups is 1. The molecule has 0 saturated carbocycles. The van der Waals surface area contributed by atoms with Gasteiger partial charge in [-0.25, -0.2) is 4.90 Å². The summed E-state index contributed by atoms with van der Waals surface area (Å²) in [6.45, 7) is 6.18. The van der Waals surface area contributed by atoms with Crippen LogP contribution in [0.4, 0.5) is 5.69 Å². The van der Waals surface area contributed by atoms with Gasteiger partial charge in [-0.2, -0.15) is 0 Å². The van der Waals surface area contributed by atoms with Crippen LogP contribution in [-0.4, -0.2) is 24.4 Å². The number of hydrogen-bond donors (Lipinski definition) is 1. The lowest BCUT2D eigenvalue weighted by Gasteiger charge is -2.15. The van der Waals surface area contributed by atoms with Gasteiger partial charge in [0.2, 0.25) is 5.91 Å². The predicted molar refractivity (Wildman–Crippen MR) is 74.9 cm³/mol. The highest BCUT2D eigenvalue weighted by Gasteiger charge is 2.38. The molecular weight excluding hydrogens is 240 g/mol. The summed E-state index contributed by atoms with van der Waals surface area (Å²) < 4.78 is 0. The fourth-order valence-corrected chi connectivity index (χ4v) is 2.17. The van der Waals surface area contributed by atoms with Crippen molar-refractivity contribution >= 4 is 17.5 Å². The van der Waals surface area contributed by atoms with Crippen LogP contribution in [0.15, 0.2) is 36.9 Å². The Morgan fingerprint density at radius 1 is 1.37 bits per heavy atom. The average Bonchev–Trinajstić information content (AvgIpc) is 2.71. The lowest BCUT2D eigenvalue weighted by molar-refractivity contribution is -0.121. The fourth-order valence-electron chi connectivity index (χ4n) is 2.17. The van der Waals surface area contributed by atoms with Gasteiger partial charge < -0.3 is 5.32 Å². The Morgan fingerprint density at radius 3 is 2.63 bits per heavy atom. The van der Waals surface area contributed by atoms with Gasteiger partial charge >= 0.3 is 0 Å². The van der Waals surface area contributed by atoms with Crippen molar-refractivity contribution in [1.29, 1.82) is 0 Å². The normalized spacial score (nSPS) is 19.0. The first-order valence-corrected chi connectivity index (χ1v) is 6.47. The molecule has 1 aliphatic rings. The second-order valence-electron chi connectivity index (χ2n) is 4.54. The minimum Gasteiger partial charge on any atom is -0.302 e. The molecule has 1 N–H and O–H groups in total. The summed E-state index contributed by atoms with van der Waals surface area (Å²) in [5.41, 5.74) is 1.83. The number of carbonyl (C=O) groups excluding carboxylic acids is 2. The van der Waals surface area contributed by atoms with E-state index in [9.17, 15) is 9.59 Å². The summed E-state index contributed by atoms with van der Waals surface area (Å²) in [4.78, 5) is 25.4. The summed E-state index contributed by atoms with van der Waals surface area (Å²) in [7, 11) is 0. The molecule has 1 aromatic rings. The van der Waals surface area contributed by atoms with Crippen LogP contribution in [0, 0.1) is 0 Å². The standard InChI is InChI=1S/C15H18N2O2/c1-3-9-16-13-10-14(18)17(15(13)19)12-7-5-11(4-2)6-8-12/h3,5-8,13,16H,1,4,9-10H2,2H3. The van der Waals surface area contributed by atoms with Gasteiger partial charge in [-0.15, -0.1) is 6.58 Å². The van der Waals surface area contributed by atoms with Gasteiger partial charge in [0, 0.05) is 6.54 Å². The Morgan fingerprint density at radius 2 is 2.05 bits per heavy atom. The molecule has 1 aliphatic heterocycles. The molecule has 100 valence electrons. The van der Waals surface area contributed by atoms with Gasteiger partial charge in [-0.3, -0.25) is 9.59 Å². The van der Waals surface area contributed by atoms with E-state index in [0.717, 1.165) is 6.42 Å². The van der Waals surface area contributed by atoms with E-state index >= 15 is 0 Å². The molecule has 2 amide bonds. The summed E-state index contributed by atoms with van der Waals surface area (Å²) in [5.74, 6) is -0.341. The molecule has 1 fully saturated rings. The summed E-state index contributed by atoms with van der Waals surface area (Å²) in [6, 6.07) is 7.10. The summed E-state index contributed by atoms with van der Waals surface area (Å²) in [6.07, 6.45) is 2.82. The molecule has 1 atom stereocenters. The van der Waals surface area contributed by atoms with Crippen molar-refractivity contribution in [1.82, 2.24) is 5.32 Å². The molecule has 1 saturated heterocycles. The smallest absolute Gasteiger partial charge is 0.251 e. The van der Waals surface area contributed by atoms with Gasteiger partial charge in [-0.05, 0) is 24.1 Å². The average molecular weight is 258 g/mol. The first-order chi connectivity index (χ1) is 9.17. The predicted octanol–water partition coefficient (Wildman–Crippen LogP) is 1.66. The summed E-state index contributed by atoms with van der Waals surface area (Å²) >= 11 is 0. The molecule has 1 heterocycles. The number of amides is 2. The lowest BCUT2D eigenvalue weighted by Crippen LogP contribution is -2.38. The zero-order valence-electron chi connectivity index (χ0n) is 11.1. The van der Waals surface area contributed by atoms with Gasteiger partial charge in [0.25, 0.3) is 5.91 Å². The Hall–Kier alpha value is -1.94. The van der Waals surface area contributed by atoms with Crippen LogP contribution in [0.25, 0.3) is 0 Å². The Labute approximate surface area is 113 Å². The number of hydrogen-bond acceptors (Lipinski definition) is 3. The molecule has 19 heavy (non-hydrogen) atoms. The number of carbonyl (C=O) groups is 2. The number of nitrogens with one attached hydrogen (secondary N) is 1. The van der Waals surface area contributed by atoms with Crippen LogP contribution < -0.4 is 10.2 Å². The van der Waals surface area contributed by atoms with Crippen LogP contribution in [0.1, 0.15) is 18.9 Å². The maximum Gasteiger partial charge on any atom is 0.251 e. The second-order valence-corrected chi connectivity index (χ2v) is 4.54. The Balaban J connectivity index is 2.17. The number of nitrogens with zero attached hydrogens (tertiary/aromatic N) is 1. The highest BCUT2D eigenvalue weighted by molar-refractivity contribution is 6.22. The van der Waals surface area contributed by atoms with Gasteiger partial charge in [0.15, 0.2) is 0 Å². The molecule has 0 radical (unpaired) electrons. The highest BCUT2D eigenvalue weighted by Crippen LogP contribution is 2.23. The maximum absolute atomic E-state index is 12.2.